The zero-order chi connectivity index (χ0) is 15.6. The maximum Gasteiger partial charge on any atom is 0.346 e. The molecule has 1 aromatic carbocycles. The van der Waals surface area contributed by atoms with Gasteiger partial charge in [-0.3, -0.25) is 0 Å². The molecule has 0 spiro atoms. The van der Waals surface area contributed by atoms with Gasteiger partial charge in [-0.15, -0.1) is 23.1 Å². The first-order chi connectivity index (χ1) is 9.93. The van der Waals surface area contributed by atoms with Crippen LogP contribution in [-0.2, 0) is 0 Å². The number of carbonyl (C=O) groups is 1. The van der Waals surface area contributed by atoms with Crippen molar-refractivity contribution in [3.05, 3.63) is 40.3 Å². The Balaban J connectivity index is 2.67. The number of nitriles is 1. The second-order valence-corrected chi connectivity index (χ2v) is 7.78. The molecule has 1 aromatic heterocycles. The Morgan fingerprint density at radius 2 is 1.95 bits per heavy atom. The minimum atomic E-state index is -0.984. The molecule has 21 heavy (non-hydrogen) atoms. The number of carboxylic acids is 1. The normalized spacial score (nSPS) is 10.6. The lowest BCUT2D eigenvalue weighted by Crippen LogP contribution is -1.95. The van der Waals surface area contributed by atoms with E-state index >= 15 is 0 Å². The van der Waals surface area contributed by atoms with Gasteiger partial charge in [0.05, 0.1) is 9.77 Å². The molecule has 0 aliphatic carbocycles. The molecule has 2 aromatic rings. The van der Waals surface area contributed by atoms with E-state index in [-0.39, 0.29) is 4.88 Å². The first-order valence-corrected chi connectivity index (χ1v) is 8.17. The molecule has 0 saturated heterocycles. The number of hydrogen-bond donors (Lipinski definition) is 1. The molecule has 0 bridgehead atoms. The lowest BCUT2D eigenvalue weighted by molar-refractivity contribution is 0.0703. The predicted octanol–water partition coefficient (Wildman–Crippen LogP) is 4.79. The molecule has 3 nitrogen and oxygen atoms in total. The number of rotatable bonds is 4. The summed E-state index contributed by atoms with van der Waals surface area (Å²) in [5.41, 5.74) is 2.89. The minimum absolute atomic E-state index is 0.235. The van der Waals surface area contributed by atoms with Gasteiger partial charge >= 0.3 is 5.97 Å². The first-order valence-electron chi connectivity index (χ1n) is 6.48. The number of nitrogens with zero attached hydrogens (tertiary/aromatic N) is 1. The molecular formula is C16H15NO2S2. The molecule has 1 heterocycles. The number of thioether (sulfide) groups is 1. The third kappa shape index (κ3) is 3.29. The SMILES string of the molecule is Cc1ccc(-c2c(C(=O)O)sc(SC(C)C)c2C#N)cc1. The van der Waals surface area contributed by atoms with Crippen molar-refractivity contribution in [1.29, 1.82) is 5.26 Å². The molecular weight excluding hydrogens is 302 g/mol. The van der Waals surface area contributed by atoms with Gasteiger partial charge in [-0.25, -0.2) is 4.79 Å². The molecule has 2 rings (SSSR count). The lowest BCUT2D eigenvalue weighted by atomic mass is 10.0. The molecule has 0 aliphatic heterocycles. The predicted molar refractivity (Wildman–Crippen MR) is 87.2 cm³/mol. The summed E-state index contributed by atoms with van der Waals surface area (Å²) in [7, 11) is 0. The fraction of sp³-hybridized carbons (Fsp3) is 0.250. The standard InChI is InChI=1S/C16H15NO2S2/c1-9(2)20-16-12(8-17)13(14(21-16)15(18)19)11-6-4-10(3)5-7-11/h4-7,9H,1-3H3,(H,18,19). The summed E-state index contributed by atoms with van der Waals surface area (Å²) in [4.78, 5) is 11.8. The van der Waals surface area contributed by atoms with Crippen LogP contribution in [-0.4, -0.2) is 16.3 Å². The third-order valence-electron chi connectivity index (χ3n) is 2.86. The molecule has 108 valence electrons. The number of aromatic carboxylic acids is 1. The Morgan fingerprint density at radius 1 is 1.33 bits per heavy atom. The fourth-order valence-corrected chi connectivity index (χ4v) is 4.51. The van der Waals surface area contributed by atoms with E-state index in [1.54, 1.807) is 0 Å². The third-order valence-corrected chi connectivity index (χ3v) is 5.27. The largest absolute Gasteiger partial charge is 0.477 e. The minimum Gasteiger partial charge on any atom is -0.477 e. The average Bonchev–Trinajstić information content (AvgIpc) is 2.77. The van der Waals surface area contributed by atoms with Gasteiger partial charge in [0.1, 0.15) is 10.9 Å². The molecule has 0 amide bonds. The molecule has 0 fully saturated rings. The number of aryl methyl sites for hydroxylation is 1. The first kappa shape index (κ1) is 15.6. The van der Waals surface area contributed by atoms with Gasteiger partial charge in [-0.1, -0.05) is 43.7 Å². The number of carboxylic acid groups (broad SMARTS) is 1. The van der Waals surface area contributed by atoms with Crippen LogP contribution in [0.15, 0.2) is 28.5 Å². The van der Waals surface area contributed by atoms with Crippen LogP contribution < -0.4 is 0 Å². The van der Waals surface area contributed by atoms with E-state index in [1.165, 1.54) is 23.1 Å². The number of benzene rings is 1. The summed E-state index contributed by atoms with van der Waals surface area (Å²) >= 11 is 2.72. The van der Waals surface area contributed by atoms with Crippen LogP contribution in [0.2, 0.25) is 0 Å². The van der Waals surface area contributed by atoms with Gasteiger partial charge in [0.2, 0.25) is 0 Å². The van der Waals surface area contributed by atoms with Gasteiger partial charge in [0.15, 0.2) is 0 Å². The zero-order valence-electron chi connectivity index (χ0n) is 12.0. The highest BCUT2D eigenvalue weighted by Crippen LogP contribution is 2.42. The van der Waals surface area contributed by atoms with Crippen molar-refractivity contribution >= 4 is 29.1 Å². The molecule has 0 unspecified atom stereocenters. The molecule has 0 atom stereocenters. The van der Waals surface area contributed by atoms with Crippen molar-refractivity contribution in [2.45, 2.75) is 30.2 Å². The smallest absolute Gasteiger partial charge is 0.346 e. The van der Waals surface area contributed by atoms with E-state index in [0.717, 1.165) is 15.3 Å². The Hall–Kier alpha value is -1.77. The van der Waals surface area contributed by atoms with Gasteiger partial charge in [-0.2, -0.15) is 5.26 Å². The summed E-state index contributed by atoms with van der Waals surface area (Å²) in [6, 6.07) is 9.77. The van der Waals surface area contributed by atoms with Crippen LogP contribution in [0.1, 0.15) is 34.6 Å². The van der Waals surface area contributed by atoms with Crippen LogP contribution in [0.3, 0.4) is 0 Å². The van der Waals surface area contributed by atoms with Crippen LogP contribution in [0.25, 0.3) is 11.1 Å². The summed E-state index contributed by atoms with van der Waals surface area (Å²) < 4.78 is 0.778. The zero-order valence-corrected chi connectivity index (χ0v) is 13.6. The quantitative estimate of drug-likeness (QED) is 0.823. The van der Waals surface area contributed by atoms with Crippen molar-refractivity contribution < 1.29 is 9.90 Å². The summed E-state index contributed by atoms with van der Waals surface area (Å²) in [5, 5.41) is 19.2. The van der Waals surface area contributed by atoms with E-state index < -0.39 is 5.97 Å². The Morgan fingerprint density at radius 3 is 2.43 bits per heavy atom. The van der Waals surface area contributed by atoms with Crippen LogP contribution >= 0.6 is 23.1 Å². The van der Waals surface area contributed by atoms with Crippen LogP contribution in [0.5, 0.6) is 0 Å². The fourth-order valence-electron chi connectivity index (χ4n) is 1.96. The van der Waals surface area contributed by atoms with E-state index in [1.807, 2.05) is 45.0 Å². The molecule has 0 saturated carbocycles. The summed E-state index contributed by atoms with van der Waals surface area (Å²) in [6.07, 6.45) is 0. The Kier molecular flexibility index (Phi) is 4.71. The highest BCUT2D eigenvalue weighted by molar-refractivity contribution is 8.01. The van der Waals surface area contributed by atoms with Crippen molar-refractivity contribution in [2.24, 2.45) is 0 Å². The summed E-state index contributed by atoms with van der Waals surface area (Å²) in [6.45, 7) is 6.02. The van der Waals surface area contributed by atoms with Gasteiger partial charge in [0, 0.05) is 10.8 Å². The van der Waals surface area contributed by atoms with Gasteiger partial charge in [-0.05, 0) is 12.5 Å². The Bertz CT molecular complexity index is 709. The molecule has 1 N–H and O–H groups in total. The second kappa shape index (κ2) is 6.33. The topological polar surface area (TPSA) is 61.1 Å². The molecule has 0 aliphatic rings. The van der Waals surface area contributed by atoms with E-state index in [2.05, 4.69) is 6.07 Å². The van der Waals surface area contributed by atoms with Gasteiger partial charge in [0.25, 0.3) is 0 Å². The van der Waals surface area contributed by atoms with Gasteiger partial charge < -0.3 is 5.11 Å². The maximum atomic E-state index is 11.5. The number of thiophene rings is 1. The van der Waals surface area contributed by atoms with E-state index in [9.17, 15) is 15.2 Å². The molecule has 0 radical (unpaired) electrons. The van der Waals surface area contributed by atoms with Crippen molar-refractivity contribution in [3.8, 4) is 17.2 Å². The van der Waals surface area contributed by atoms with Crippen LogP contribution in [0.4, 0.5) is 0 Å². The summed E-state index contributed by atoms with van der Waals surface area (Å²) in [5.74, 6) is -0.984. The monoisotopic (exact) mass is 317 g/mol. The highest BCUT2D eigenvalue weighted by atomic mass is 32.2. The second-order valence-electron chi connectivity index (χ2n) is 4.92. The number of hydrogen-bond acceptors (Lipinski definition) is 4. The Labute approximate surface area is 132 Å². The van der Waals surface area contributed by atoms with Crippen molar-refractivity contribution in [2.75, 3.05) is 0 Å². The van der Waals surface area contributed by atoms with Crippen LogP contribution in [0, 0.1) is 18.3 Å². The molecule has 5 heteroatoms. The van der Waals surface area contributed by atoms with E-state index in [4.69, 9.17) is 0 Å². The van der Waals surface area contributed by atoms with Crippen molar-refractivity contribution in [1.82, 2.24) is 0 Å². The lowest BCUT2D eigenvalue weighted by Gasteiger charge is -2.04. The maximum absolute atomic E-state index is 11.5. The average molecular weight is 317 g/mol. The highest BCUT2D eigenvalue weighted by Gasteiger charge is 2.24. The van der Waals surface area contributed by atoms with Crippen molar-refractivity contribution in [3.63, 3.8) is 0 Å². The van der Waals surface area contributed by atoms with E-state index in [0.29, 0.717) is 16.4 Å².